The second kappa shape index (κ2) is 7.38. The molecule has 0 bridgehead atoms. The smallest absolute Gasteiger partial charge is 0.260 e. The van der Waals surface area contributed by atoms with Gasteiger partial charge in [-0.3, -0.25) is 9.78 Å². The predicted molar refractivity (Wildman–Crippen MR) is 85.2 cm³/mol. The van der Waals surface area contributed by atoms with Crippen LogP contribution in [0.5, 0.6) is 0 Å². The Bertz CT molecular complexity index is 665. The largest absolute Gasteiger partial charge is 0.381 e. The zero-order chi connectivity index (χ0) is 15.2. The third kappa shape index (κ3) is 3.84. The van der Waals surface area contributed by atoms with E-state index in [2.05, 4.69) is 15.3 Å². The van der Waals surface area contributed by atoms with Crippen molar-refractivity contribution in [3.05, 3.63) is 34.6 Å². The molecule has 0 amide bonds. The number of fused-ring (bicyclic) bond motifs is 1. The highest BCUT2D eigenvalue weighted by Gasteiger charge is 2.15. The minimum atomic E-state index is -0.120. The molecule has 1 fully saturated rings. The first-order valence-electron chi connectivity index (χ1n) is 7.71. The van der Waals surface area contributed by atoms with Crippen molar-refractivity contribution in [2.45, 2.75) is 12.8 Å². The van der Waals surface area contributed by atoms with E-state index in [9.17, 15) is 4.79 Å². The van der Waals surface area contributed by atoms with Crippen molar-refractivity contribution >= 4 is 16.9 Å². The zero-order valence-electron chi connectivity index (χ0n) is 12.5. The van der Waals surface area contributed by atoms with E-state index in [0.717, 1.165) is 32.7 Å². The van der Waals surface area contributed by atoms with Gasteiger partial charge in [0.25, 0.3) is 5.56 Å². The summed E-state index contributed by atoms with van der Waals surface area (Å²) in [6.45, 7) is 3.85. The molecule has 2 aromatic rings. The molecule has 2 heterocycles. The van der Waals surface area contributed by atoms with Gasteiger partial charge in [-0.15, -0.1) is 0 Å². The molecule has 0 unspecified atom stereocenters. The molecule has 6 heteroatoms. The zero-order valence-corrected chi connectivity index (χ0v) is 12.5. The Morgan fingerprint density at radius 2 is 2.32 bits per heavy atom. The van der Waals surface area contributed by atoms with Crippen molar-refractivity contribution in [3.63, 3.8) is 0 Å². The van der Waals surface area contributed by atoms with Crippen LogP contribution in [-0.2, 0) is 9.47 Å². The first-order valence-corrected chi connectivity index (χ1v) is 7.71. The van der Waals surface area contributed by atoms with E-state index in [1.807, 2.05) is 18.2 Å². The molecule has 6 nitrogen and oxygen atoms in total. The quantitative estimate of drug-likeness (QED) is 0.763. The van der Waals surface area contributed by atoms with Crippen LogP contribution in [0.15, 0.2) is 29.1 Å². The number of anilines is 1. The molecule has 2 N–H and O–H groups in total. The Kier molecular flexibility index (Phi) is 5.03. The highest BCUT2D eigenvalue weighted by Crippen LogP contribution is 2.12. The molecule has 3 rings (SSSR count). The van der Waals surface area contributed by atoms with E-state index >= 15 is 0 Å². The van der Waals surface area contributed by atoms with Gasteiger partial charge in [0.2, 0.25) is 5.95 Å². The van der Waals surface area contributed by atoms with Crippen LogP contribution < -0.4 is 10.9 Å². The van der Waals surface area contributed by atoms with Gasteiger partial charge in [0.05, 0.1) is 24.1 Å². The van der Waals surface area contributed by atoms with E-state index in [-0.39, 0.29) is 5.56 Å². The maximum absolute atomic E-state index is 11.9. The standard InChI is InChI=1S/C16H21N3O3/c20-15-13-4-1-2-5-14(13)18-16(19-15)17-7-3-8-21-10-12-6-9-22-11-12/h1-2,4-5,12H,3,6-11H2,(H2,17,18,19,20)/t12-/m1/s1. The van der Waals surface area contributed by atoms with Gasteiger partial charge in [0, 0.05) is 25.7 Å². The molecule has 0 spiro atoms. The Balaban J connectivity index is 1.42. The van der Waals surface area contributed by atoms with Crippen molar-refractivity contribution in [2.75, 3.05) is 38.3 Å². The summed E-state index contributed by atoms with van der Waals surface area (Å²) in [6, 6.07) is 7.31. The summed E-state index contributed by atoms with van der Waals surface area (Å²) in [7, 11) is 0. The number of benzene rings is 1. The summed E-state index contributed by atoms with van der Waals surface area (Å²) in [5, 5.41) is 3.74. The van der Waals surface area contributed by atoms with E-state index in [4.69, 9.17) is 9.47 Å². The molecule has 1 saturated heterocycles. The normalized spacial score (nSPS) is 17.9. The highest BCUT2D eigenvalue weighted by molar-refractivity contribution is 5.78. The van der Waals surface area contributed by atoms with Gasteiger partial charge in [0.1, 0.15) is 0 Å². The number of aromatic amines is 1. The molecule has 118 valence electrons. The van der Waals surface area contributed by atoms with Gasteiger partial charge in [-0.25, -0.2) is 4.98 Å². The minimum absolute atomic E-state index is 0.120. The summed E-state index contributed by atoms with van der Waals surface area (Å²) >= 11 is 0. The molecule has 1 aromatic carbocycles. The second-order valence-corrected chi connectivity index (χ2v) is 5.52. The average Bonchev–Trinajstić information content (AvgIpc) is 3.04. The third-order valence-corrected chi connectivity index (χ3v) is 3.75. The second-order valence-electron chi connectivity index (χ2n) is 5.52. The molecule has 0 saturated carbocycles. The number of nitrogens with zero attached hydrogens (tertiary/aromatic N) is 1. The molecular weight excluding hydrogens is 282 g/mol. The first kappa shape index (κ1) is 15.0. The molecule has 0 aliphatic carbocycles. The van der Waals surface area contributed by atoms with Gasteiger partial charge in [0.15, 0.2) is 0 Å². The highest BCUT2D eigenvalue weighted by atomic mass is 16.5. The predicted octanol–water partition coefficient (Wildman–Crippen LogP) is 1.78. The molecular formula is C16H21N3O3. The number of ether oxygens (including phenoxy) is 2. The Labute approximate surface area is 128 Å². The van der Waals surface area contributed by atoms with Crippen LogP contribution in [-0.4, -0.2) is 42.9 Å². The van der Waals surface area contributed by atoms with Gasteiger partial charge in [-0.1, -0.05) is 12.1 Å². The lowest BCUT2D eigenvalue weighted by molar-refractivity contribution is 0.0897. The number of H-pyrrole nitrogens is 1. The van der Waals surface area contributed by atoms with Crippen LogP contribution >= 0.6 is 0 Å². The van der Waals surface area contributed by atoms with Gasteiger partial charge < -0.3 is 14.8 Å². The van der Waals surface area contributed by atoms with E-state index < -0.39 is 0 Å². The number of hydrogen-bond acceptors (Lipinski definition) is 5. The first-order chi connectivity index (χ1) is 10.8. The average molecular weight is 303 g/mol. The molecule has 0 radical (unpaired) electrons. The summed E-state index contributed by atoms with van der Waals surface area (Å²) in [5.74, 6) is 1.05. The molecule has 1 aliphatic rings. The van der Waals surface area contributed by atoms with E-state index in [0.29, 0.717) is 35.9 Å². The number of hydrogen-bond donors (Lipinski definition) is 2. The molecule has 1 aliphatic heterocycles. The molecule has 22 heavy (non-hydrogen) atoms. The van der Waals surface area contributed by atoms with Gasteiger partial charge in [-0.05, 0) is 25.0 Å². The molecule has 1 atom stereocenters. The number of para-hydroxylation sites is 1. The van der Waals surface area contributed by atoms with Crippen molar-refractivity contribution in [1.29, 1.82) is 0 Å². The van der Waals surface area contributed by atoms with Crippen molar-refractivity contribution < 1.29 is 9.47 Å². The summed E-state index contributed by atoms with van der Waals surface area (Å²) in [6.07, 6.45) is 1.96. The summed E-state index contributed by atoms with van der Waals surface area (Å²) in [4.78, 5) is 19.1. The van der Waals surface area contributed by atoms with Crippen LogP contribution in [0.3, 0.4) is 0 Å². The fourth-order valence-corrected chi connectivity index (χ4v) is 2.52. The van der Waals surface area contributed by atoms with Crippen molar-refractivity contribution in [1.82, 2.24) is 9.97 Å². The van der Waals surface area contributed by atoms with Crippen molar-refractivity contribution in [2.24, 2.45) is 5.92 Å². The van der Waals surface area contributed by atoms with Gasteiger partial charge >= 0.3 is 0 Å². The fourth-order valence-electron chi connectivity index (χ4n) is 2.52. The lowest BCUT2D eigenvalue weighted by Crippen LogP contribution is -2.15. The third-order valence-electron chi connectivity index (χ3n) is 3.75. The van der Waals surface area contributed by atoms with E-state index in [1.165, 1.54) is 0 Å². The van der Waals surface area contributed by atoms with Crippen LogP contribution in [0.25, 0.3) is 10.9 Å². The minimum Gasteiger partial charge on any atom is -0.381 e. The van der Waals surface area contributed by atoms with Crippen LogP contribution in [0.2, 0.25) is 0 Å². The monoisotopic (exact) mass is 303 g/mol. The Morgan fingerprint density at radius 1 is 1.41 bits per heavy atom. The summed E-state index contributed by atoms with van der Waals surface area (Å²) in [5.41, 5.74) is 0.580. The SMILES string of the molecule is O=c1[nH]c(NCCCOC[C@H]2CCOC2)nc2ccccc12. The Morgan fingerprint density at radius 3 is 3.18 bits per heavy atom. The summed E-state index contributed by atoms with van der Waals surface area (Å²) < 4.78 is 10.9. The van der Waals surface area contributed by atoms with Crippen LogP contribution in [0.4, 0.5) is 5.95 Å². The maximum Gasteiger partial charge on any atom is 0.260 e. The van der Waals surface area contributed by atoms with Crippen LogP contribution in [0.1, 0.15) is 12.8 Å². The van der Waals surface area contributed by atoms with E-state index in [1.54, 1.807) is 6.07 Å². The lowest BCUT2D eigenvalue weighted by Gasteiger charge is -2.09. The Hall–Kier alpha value is -1.92. The number of aromatic nitrogens is 2. The fraction of sp³-hybridized carbons (Fsp3) is 0.500. The van der Waals surface area contributed by atoms with Crippen LogP contribution in [0, 0.1) is 5.92 Å². The lowest BCUT2D eigenvalue weighted by atomic mass is 10.1. The number of nitrogens with one attached hydrogen (secondary N) is 2. The number of rotatable bonds is 7. The topological polar surface area (TPSA) is 76.2 Å². The maximum atomic E-state index is 11.9. The van der Waals surface area contributed by atoms with Crippen molar-refractivity contribution in [3.8, 4) is 0 Å². The van der Waals surface area contributed by atoms with Gasteiger partial charge in [-0.2, -0.15) is 0 Å². The molecule has 1 aromatic heterocycles.